The molecule has 6 nitrogen and oxygen atoms in total. The second-order valence-electron chi connectivity index (χ2n) is 8.99. The van der Waals surface area contributed by atoms with Crippen LogP contribution in [0, 0.1) is 11.7 Å². The normalized spacial score (nSPS) is 15.3. The average molecular weight is 570 g/mol. The summed E-state index contributed by atoms with van der Waals surface area (Å²) in [4.78, 5) is 14.7. The molecule has 3 aromatic carbocycles. The van der Waals surface area contributed by atoms with Crippen LogP contribution in [0.1, 0.15) is 24.0 Å². The van der Waals surface area contributed by atoms with E-state index in [2.05, 4.69) is 14.9 Å². The van der Waals surface area contributed by atoms with Crippen molar-refractivity contribution in [2.75, 3.05) is 23.1 Å². The smallest absolute Gasteiger partial charge is 0.326 e. The fraction of sp³-hybridized carbons (Fsp3) is 0.269. The number of anilines is 2. The number of nitrogens with zero attached hydrogens (tertiary/aromatic N) is 1. The van der Waals surface area contributed by atoms with Crippen LogP contribution >= 0.6 is 11.6 Å². The molecule has 3 aromatic rings. The second kappa shape index (κ2) is 11.3. The minimum Gasteiger partial charge on any atom is -0.326 e. The molecule has 0 unspecified atom stereocenters. The van der Waals surface area contributed by atoms with E-state index < -0.39 is 26.8 Å². The molecule has 38 heavy (non-hydrogen) atoms. The summed E-state index contributed by atoms with van der Waals surface area (Å²) in [6.45, 7) is 2.09. The minimum atomic E-state index is -4.74. The molecule has 0 radical (unpaired) electrons. The van der Waals surface area contributed by atoms with Crippen LogP contribution in [0.5, 0.6) is 0 Å². The standard InChI is InChI=1S/C26H24ClF4N3O3S/c27-24-10-7-21(15-23(24)26(29,30)31)33-38(36,37)22-8-5-20(6-9-22)32-25(35)18-11-13-34(14-12-18)16-17-1-3-19(28)4-2-17/h1-10,15,18,33H,11-14,16H2,(H,32,35). The monoisotopic (exact) mass is 569 g/mol. The van der Waals surface area contributed by atoms with Gasteiger partial charge in [0.25, 0.3) is 10.0 Å². The first-order chi connectivity index (χ1) is 17.9. The molecule has 0 aromatic heterocycles. The van der Waals surface area contributed by atoms with Gasteiger partial charge in [-0.3, -0.25) is 14.4 Å². The highest BCUT2D eigenvalue weighted by atomic mass is 35.5. The average Bonchev–Trinajstić information content (AvgIpc) is 2.86. The fourth-order valence-electron chi connectivity index (χ4n) is 4.18. The van der Waals surface area contributed by atoms with Crippen LogP contribution in [-0.4, -0.2) is 32.3 Å². The summed E-state index contributed by atoms with van der Waals surface area (Å²) in [6.07, 6.45) is -3.45. The van der Waals surface area contributed by atoms with Gasteiger partial charge in [0.15, 0.2) is 0 Å². The van der Waals surface area contributed by atoms with Gasteiger partial charge in [-0.05, 0) is 86.1 Å². The summed E-state index contributed by atoms with van der Waals surface area (Å²) >= 11 is 5.58. The van der Waals surface area contributed by atoms with Crippen LogP contribution in [-0.2, 0) is 27.5 Å². The van der Waals surface area contributed by atoms with Crippen LogP contribution in [0.25, 0.3) is 0 Å². The molecule has 1 amide bonds. The number of sulfonamides is 1. The number of likely N-dealkylation sites (tertiary alicyclic amines) is 1. The number of halogens is 5. The van der Waals surface area contributed by atoms with Gasteiger partial charge in [0, 0.05) is 23.8 Å². The summed E-state index contributed by atoms with van der Waals surface area (Å²) in [7, 11) is -4.19. The molecule has 0 spiro atoms. The SMILES string of the molecule is O=C(Nc1ccc(S(=O)(=O)Nc2ccc(Cl)c(C(F)(F)F)c2)cc1)C1CCN(Cc2ccc(F)cc2)CC1. The zero-order chi connectivity index (χ0) is 27.5. The summed E-state index contributed by atoms with van der Waals surface area (Å²) in [5.41, 5.74) is -0.0483. The van der Waals surface area contributed by atoms with Crippen molar-refractivity contribution in [1.29, 1.82) is 0 Å². The molecule has 1 aliphatic rings. The van der Waals surface area contributed by atoms with E-state index in [4.69, 9.17) is 11.6 Å². The third kappa shape index (κ3) is 7.03. The van der Waals surface area contributed by atoms with E-state index in [1.165, 1.54) is 36.4 Å². The molecule has 1 fully saturated rings. The molecule has 2 N–H and O–H groups in total. The van der Waals surface area contributed by atoms with Crippen molar-refractivity contribution in [2.24, 2.45) is 5.92 Å². The largest absolute Gasteiger partial charge is 0.417 e. The molecule has 1 saturated heterocycles. The lowest BCUT2D eigenvalue weighted by molar-refractivity contribution is -0.137. The lowest BCUT2D eigenvalue weighted by atomic mass is 9.95. The van der Waals surface area contributed by atoms with E-state index in [1.807, 2.05) is 0 Å². The van der Waals surface area contributed by atoms with Gasteiger partial charge in [-0.15, -0.1) is 0 Å². The van der Waals surface area contributed by atoms with Crippen LogP contribution in [0.15, 0.2) is 71.6 Å². The Balaban J connectivity index is 1.32. The van der Waals surface area contributed by atoms with Gasteiger partial charge >= 0.3 is 6.18 Å². The molecule has 1 heterocycles. The molecule has 0 saturated carbocycles. The molecule has 1 aliphatic heterocycles. The zero-order valence-corrected chi connectivity index (χ0v) is 21.5. The van der Waals surface area contributed by atoms with E-state index in [0.717, 1.165) is 17.7 Å². The van der Waals surface area contributed by atoms with E-state index in [1.54, 1.807) is 12.1 Å². The fourth-order valence-corrected chi connectivity index (χ4v) is 5.46. The zero-order valence-electron chi connectivity index (χ0n) is 19.9. The van der Waals surface area contributed by atoms with Crippen molar-refractivity contribution in [1.82, 2.24) is 4.90 Å². The number of carbonyl (C=O) groups is 1. The minimum absolute atomic E-state index is 0.180. The Kier molecular flexibility index (Phi) is 8.29. The van der Waals surface area contributed by atoms with Gasteiger partial charge in [0.2, 0.25) is 5.91 Å². The number of hydrogen-bond donors (Lipinski definition) is 2. The van der Waals surface area contributed by atoms with Crippen LogP contribution in [0.4, 0.5) is 28.9 Å². The van der Waals surface area contributed by atoms with E-state index in [9.17, 15) is 30.8 Å². The number of piperidine rings is 1. The number of nitrogens with one attached hydrogen (secondary N) is 2. The van der Waals surface area contributed by atoms with E-state index in [0.29, 0.717) is 44.2 Å². The third-order valence-electron chi connectivity index (χ3n) is 6.23. The highest BCUT2D eigenvalue weighted by Gasteiger charge is 2.33. The summed E-state index contributed by atoms with van der Waals surface area (Å²) in [6, 6.07) is 14.4. The summed E-state index contributed by atoms with van der Waals surface area (Å²) < 4.78 is 79.8. The van der Waals surface area contributed by atoms with E-state index >= 15 is 0 Å². The number of hydrogen-bond acceptors (Lipinski definition) is 4. The van der Waals surface area contributed by atoms with E-state index in [-0.39, 0.29) is 28.2 Å². The third-order valence-corrected chi connectivity index (χ3v) is 7.96. The van der Waals surface area contributed by atoms with Gasteiger partial charge in [-0.1, -0.05) is 23.7 Å². The number of carbonyl (C=O) groups excluding carboxylic acids is 1. The molecule has 4 rings (SSSR count). The Morgan fingerprint density at radius 2 is 1.55 bits per heavy atom. The van der Waals surface area contributed by atoms with Gasteiger partial charge in [-0.2, -0.15) is 13.2 Å². The first kappa shape index (κ1) is 27.9. The van der Waals surface area contributed by atoms with Crippen molar-refractivity contribution in [3.05, 3.63) is 88.7 Å². The predicted octanol–water partition coefficient (Wildman–Crippen LogP) is 6.15. The van der Waals surface area contributed by atoms with Gasteiger partial charge in [0.05, 0.1) is 15.5 Å². The Hall–Kier alpha value is -3.15. The Labute approximate surface area is 222 Å². The summed E-state index contributed by atoms with van der Waals surface area (Å²) in [5, 5.41) is 2.24. The number of rotatable bonds is 7. The molecule has 12 heteroatoms. The van der Waals surface area contributed by atoms with Crippen LogP contribution < -0.4 is 10.0 Å². The Morgan fingerprint density at radius 1 is 0.947 bits per heavy atom. The maximum Gasteiger partial charge on any atom is 0.417 e. The Bertz CT molecular complexity index is 1390. The van der Waals surface area contributed by atoms with Crippen LogP contribution in [0.2, 0.25) is 5.02 Å². The van der Waals surface area contributed by atoms with Crippen molar-refractivity contribution in [3.63, 3.8) is 0 Å². The van der Waals surface area contributed by atoms with Crippen LogP contribution in [0.3, 0.4) is 0 Å². The topological polar surface area (TPSA) is 78.5 Å². The van der Waals surface area contributed by atoms with Crippen molar-refractivity contribution >= 4 is 38.9 Å². The number of amides is 1. The molecular weight excluding hydrogens is 546 g/mol. The number of alkyl halides is 3. The molecule has 0 bridgehead atoms. The maximum atomic E-state index is 13.1. The van der Waals surface area contributed by atoms with Crippen molar-refractivity contribution in [3.8, 4) is 0 Å². The first-order valence-electron chi connectivity index (χ1n) is 11.7. The number of benzene rings is 3. The van der Waals surface area contributed by atoms with Gasteiger partial charge in [0.1, 0.15) is 5.82 Å². The van der Waals surface area contributed by atoms with Crippen molar-refractivity contribution in [2.45, 2.75) is 30.5 Å². The summed E-state index contributed by atoms with van der Waals surface area (Å²) in [5.74, 6) is -0.676. The molecule has 0 aliphatic carbocycles. The van der Waals surface area contributed by atoms with Crippen molar-refractivity contribution < 1.29 is 30.8 Å². The lowest BCUT2D eigenvalue weighted by Crippen LogP contribution is -2.37. The lowest BCUT2D eigenvalue weighted by Gasteiger charge is -2.31. The quantitative estimate of drug-likeness (QED) is 0.335. The molecule has 202 valence electrons. The second-order valence-corrected chi connectivity index (χ2v) is 11.1. The molecular formula is C26H24ClF4N3O3S. The van der Waals surface area contributed by atoms with Gasteiger partial charge < -0.3 is 5.32 Å². The molecule has 0 atom stereocenters. The maximum absolute atomic E-state index is 13.1. The highest BCUT2D eigenvalue weighted by Crippen LogP contribution is 2.36. The predicted molar refractivity (Wildman–Crippen MR) is 137 cm³/mol. The Morgan fingerprint density at radius 3 is 2.16 bits per heavy atom. The highest BCUT2D eigenvalue weighted by molar-refractivity contribution is 7.92. The first-order valence-corrected chi connectivity index (χ1v) is 13.5. The van der Waals surface area contributed by atoms with Gasteiger partial charge in [-0.25, -0.2) is 12.8 Å².